The molecule has 5 nitrogen and oxygen atoms in total. The molecule has 1 rings (SSSR count). The van der Waals surface area contributed by atoms with Gasteiger partial charge in [-0.2, -0.15) is 0 Å². The van der Waals surface area contributed by atoms with Gasteiger partial charge < -0.3 is 19.9 Å². The van der Waals surface area contributed by atoms with Gasteiger partial charge in [0.15, 0.2) is 6.29 Å². The summed E-state index contributed by atoms with van der Waals surface area (Å²) in [5, 5.41) is 11.9. The summed E-state index contributed by atoms with van der Waals surface area (Å²) in [5.74, 6) is -0.113. The molecule has 0 heterocycles. The lowest BCUT2D eigenvalue weighted by atomic mass is 10.2. The van der Waals surface area contributed by atoms with Crippen molar-refractivity contribution in [3.8, 4) is 5.75 Å². The van der Waals surface area contributed by atoms with E-state index >= 15 is 0 Å². The third-order valence-electron chi connectivity index (χ3n) is 2.36. The number of carbonyl (C=O) groups excluding carboxylic acids is 1. The first-order valence-corrected chi connectivity index (χ1v) is 5.24. The number of methoxy groups -OCH3 is 2. The average molecular weight is 239 g/mol. The van der Waals surface area contributed by atoms with E-state index in [4.69, 9.17) is 14.6 Å². The second-order valence-corrected chi connectivity index (χ2v) is 3.65. The summed E-state index contributed by atoms with van der Waals surface area (Å²) in [7, 11) is 3.02. The van der Waals surface area contributed by atoms with E-state index in [1.165, 1.54) is 26.4 Å². The number of benzene rings is 1. The van der Waals surface area contributed by atoms with Crippen LogP contribution in [0.25, 0.3) is 0 Å². The molecule has 0 radical (unpaired) electrons. The van der Waals surface area contributed by atoms with Gasteiger partial charge >= 0.3 is 0 Å². The Kier molecular flexibility index (Phi) is 4.93. The monoisotopic (exact) mass is 239 g/mol. The smallest absolute Gasteiger partial charge is 0.251 e. The van der Waals surface area contributed by atoms with Gasteiger partial charge in [0.2, 0.25) is 0 Å². The van der Waals surface area contributed by atoms with E-state index in [1.54, 1.807) is 19.1 Å². The van der Waals surface area contributed by atoms with Gasteiger partial charge in [-0.1, -0.05) is 0 Å². The van der Waals surface area contributed by atoms with Gasteiger partial charge in [-0.05, 0) is 31.2 Å². The maximum atomic E-state index is 11.8. The molecule has 0 saturated heterocycles. The Bertz CT molecular complexity index is 359. The largest absolute Gasteiger partial charge is 0.508 e. The van der Waals surface area contributed by atoms with Crippen molar-refractivity contribution in [2.75, 3.05) is 14.2 Å². The third kappa shape index (κ3) is 3.72. The molecule has 0 aliphatic heterocycles. The zero-order valence-electron chi connectivity index (χ0n) is 10.1. The number of nitrogens with one attached hydrogen (secondary N) is 1. The second-order valence-electron chi connectivity index (χ2n) is 3.65. The Morgan fingerprint density at radius 1 is 1.24 bits per heavy atom. The standard InChI is InChI=1S/C12H17NO4/c1-8(12(16-2)17-3)13-11(15)9-4-6-10(14)7-5-9/h4-8,12,14H,1-3H3,(H,13,15). The fourth-order valence-corrected chi connectivity index (χ4v) is 1.48. The van der Waals surface area contributed by atoms with Crippen LogP contribution in [0, 0.1) is 0 Å². The predicted octanol–water partition coefficient (Wildman–Crippen LogP) is 1.13. The Morgan fingerprint density at radius 3 is 2.24 bits per heavy atom. The van der Waals surface area contributed by atoms with Crippen molar-refractivity contribution < 1.29 is 19.4 Å². The minimum absolute atomic E-state index is 0.126. The molecule has 2 N–H and O–H groups in total. The number of phenols is 1. The number of phenolic OH excluding ortho intramolecular Hbond substituents is 1. The molecule has 0 spiro atoms. The molecule has 1 amide bonds. The second kappa shape index (κ2) is 6.22. The van der Waals surface area contributed by atoms with Crippen LogP contribution in [-0.2, 0) is 9.47 Å². The first-order chi connectivity index (χ1) is 8.08. The Morgan fingerprint density at radius 2 is 1.76 bits per heavy atom. The zero-order valence-corrected chi connectivity index (χ0v) is 10.1. The van der Waals surface area contributed by atoms with E-state index in [9.17, 15) is 4.79 Å². The van der Waals surface area contributed by atoms with E-state index in [-0.39, 0.29) is 17.7 Å². The van der Waals surface area contributed by atoms with Gasteiger partial charge in [0.25, 0.3) is 5.91 Å². The number of ether oxygens (including phenoxy) is 2. The summed E-state index contributed by atoms with van der Waals surface area (Å²) in [4.78, 5) is 11.8. The van der Waals surface area contributed by atoms with Crippen LogP contribution < -0.4 is 5.32 Å². The Labute approximate surface area is 100 Å². The van der Waals surface area contributed by atoms with Gasteiger partial charge in [-0.15, -0.1) is 0 Å². The van der Waals surface area contributed by atoms with E-state index in [1.807, 2.05) is 0 Å². The van der Waals surface area contributed by atoms with E-state index in [0.717, 1.165) is 0 Å². The normalized spacial score (nSPS) is 12.5. The lowest BCUT2D eigenvalue weighted by molar-refractivity contribution is -0.117. The van der Waals surface area contributed by atoms with Crippen molar-refractivity contribution in [2.24, 2.45) is 0 Å². The van der Waals surface area contributed by atoms with Crippen molar-refractivity contribution in [3.63, 3.8) is 0 Å². The summed E-state index contributed by atoms with van der Waals surface area (Å²) in [5.41, 5.74) is 0.473. The fourth-order valence-electron chi connectivity index (χ4n) is 1.48. The lowest BCUT2D eigenvalue weighted by Gasteiger charge is -2.22. The molecule has 0 aliphatic rings. The number of amides is 1. The molecule has 0 fully saturated rings. The first kappa shape index (κ1) is 13.5. The Balaban J connectivity index is 2.62. The molecule has 17 heavy (non-hydrogen) atoms. The van der Waals surface area contributed by atoms with Crippen LogP contribution in [0.4, 0.5) is 0 Å². The highest BCUT2D eigenvalue weighted by Gasteiger charge is 2.18. The SMILES string of the molecule is COC(OC)C(C)NC(=O)c1ccc(O)cc1. The summed E-state index contributed by atoms with van der Waals surface area (Å²) < 4.78 is 10.1. The lowest BCUT2D eigenvalue weighted by Crippen LogP contribution is -2.42. The molecule has 1 aromatic carbocycles. The number of rotatable bonds is 5. The van der Waals surface area contributed by atoms with Gasteiger partial charge in [-0.3, -0.25) is 4.79 Å². The van der Waals surface area contributed by atoms with Crippen LogP contribution in [0.3, 0.4) is 0 Å². The molecule has 1 aromatic rings. The van der Waals surface area contributed by atoms with Crippen LogP contribution in [0.1, 0.15) is 17.3 Å². The van der Waals surface area contributed by atoms with Crippen LogP contribution >= 0.6 is 0 Å². The third-order valence-corrected chi connectivity index (χ3v) is 2.36. The minimum atomic E-state index is -0.490. The van der Waals surface area contributed by atoms with Gasteiger partial charge in [-0.25, -0.2) is 0 Å². The van der Waals surface area contributed by atoms with Crippen LogP contribution in [-0.4, -0.2) is 37.6 Å². The van der Waals surface area contributed by atoms with E-state index < -0.39 is 6.29 Å². The van der Waals surface area contributed by atoms with Crippen molar-refractivity contribution in [3.05, 3.63) is 29.8 Å². The molecule has 0 aliphatic carbocycles. The van der Waals surface area contributed by atoms with Crippen LogP contribution in [0.15, 0.2) is 24.3 Å². The molecule has 0 bridgehead atoms. The first-order valence-electron chi connectivity index (χ1n) is 5.24. The molecule has 1 atom stereocenters. The topological polar surface area (TPSA) is 67.8 Å². The molecule has 94 valence electrons. The quantitative estimate of drug-likeness (QED) is 0.756. The van der Waals surface area contributed by atoms with Gasteiger partial charge in [0, 0.05) is 19.8 Å². The highest BCUT2D eigenvalue weighted by Crippen LogP contribution is 2.10. The number of hydrogen-bond donors (Lipinski definition) is 2. The fraction of sp³-hybridized carbons (Fsp3) is 0.417. The van der Waals surface area contributed by atoms with Crippen molar-refractivity contribution in [2.45, 2.75) is 19.3 Å². The van der Waals surface area contributed by atoms with Crippen molar-refractivity contribution in [1.82, 2.24) is 5.32 Å². The number of carbonyl (C=O) groups is 1. The number of hydrogen-bond acceptors (Lipinski definition) is 4. The molecular formula is C12H17NO4. The van der Waals surface area contributed by atoms with Crippen LogP contribution in [0.2, 0.25) is 0 Å². The average Bonchev–Trinajstić information content (AvgIpc) is 2.31. The maximum Gasteiger partial charge on any atom is 0.251 e. The summed E-state index contributed by atoms with van der Waals surface area (Å²) in [6.07, 6.45) is -0.490. The van der Waals surface area contributed by atoms with Gasteiger partial charge in [0.1, 0.15) is 5.75 Å². The highest BCUT2D eigenvalue weighted by molar-refractivity contribution is 5.94. The molecule has 0 aromatic heterocycles. The molecule has 1 unspecified atom stereocenters. The minimum Gasteiger partial charge on any atom is -0.508 e. The van der Waals surface area contributed by atoms with Gasteiger partial charge in [0.05, 0.1) is 6.04 Å². The molecule has 0 saturated carbocycles. The Hall–Kier alpha value is -1.59. The molecule has 5 heteroatoms. The van der Waals surface area contributed by atoms with Crippen molar-refractivity contribution >= 4 is 5.91 Å². The number of aromatic hydroxyl groups is 1. The summed E-state index contributed by atoms with van der Waals surface area (Å²) in [6.45, 7) is 1.79. The predicted molar refractivity (Wildman–Crippen MR) is 62.8 cm³/mol. The van der Waals surface area contributed by atoms with Crippen LogP contribution in [0.5, 0.6) is 5.75 Å². The highest BCUT2D eigenvalue weighted by atomic mass is 16.7. The summed E-state index contributed by atoms with van der Waals surface area (Å²) >= 11 is 0. The molecular weight excluding hydrogens is 222 g/mol. The maximum absolute atomic E-state index is 11.8. The summed E-state index contributed by atoms with van der Waals surface area (Å²) in [6, 6.07) is 5.75. The van der Waals surface area contributed by atoms with E-state index in [2.05, 4.69) is 5.32 Å². The zero-order chi connectivity index (χ0) is 12.8. The van der Waals surface area contributed by atoms with E-state index in [0.29, 0.717) is 5.56 Å². The van der Waals surface area contributed by atoms with Crippen molar-refractivity contribution in [1.29, 1.82) is 0 Å².